The molecule has 3 aromatic rings. The van der Waals surface area contributed by atoms with Crippen molar-refractivity contribution in [2.45, 2.75) is 5.37 Å². The third-order valence-electron chi connectivity index (χ3n) is 5.06. The summed E-state index contributed by atoms with van der Waals surface area (Å²) in [6.45, 7) is 5.70. The molecule has 4 rings (SSSR count). The monoisotopic (exact) mass is 396 g/mol. The van der Waals surface area contributed by atoms with Crippen molar-refractivity contribution in [1.29, 1.82) is 5.26 Å². The standard InChI is InChI=1S/C19H20N6O2S/c1-2-11-28(26,27)17(12-20)25-9-7-24(8-10-25)16-4-6-21-15-13-23-19-14(18(15)16)3-5-22-19/h2-6,13,17,21H,1,7-11H2. The molecule has 1 N–H and O–H groups in total. The van der Waals surface area contributed by atoms with Crippen LogP contribution in [-0.4, -0.2) is 65.6 Å². The maximum atomic E-state index is 12.3. The second-order valence-corrected chi connectivity index (χ2v) is 8.82. The zero-order valence-corrected chi connectivity index (χ0v) is 16.1. The highest BCUT2D eigenvalue weighted by molar-refractivity contribution is 7.92. The fraction of sp³-hybridized carbons (Fsp3) is 0.316. The van der Waals surface area contributed by atoms with Crippen molar-refractivity contribution in [3.63, 3.8) is 0 Å². The van der Waals surface area contributed by atoms with Gasteiger partial charge < -0.3 is 9.88 Å². The average Bonchev–Trinajstić information content (AvgIpc) is 3.17. The van der Waals surface area contributed by atoms with Crippen LogP contribution >= 0.6 is 0 Å². The van der Waals surface area contributed by atoms with Crippen molar-refractivity contribution in [3.05, 3.63) is 43.4 Å². The summed E-state index contributed by atoms with van der Waals surface area (Å²) in [5.74, 6) is -0.195. The molecule has 0 saturated carbocycles. The van der Waals surface area contributed by atoms with E-state index < -0.39 is 15.2 Å². The van der Waals surface area contributed by atoms with Crippen LogP contribution in [-0.2, 0) is 9.84 Å². The van der Waals surface area contributed by atoms with Crippen LogP contribution in [0.4, 0.5) is 5.69 Å². The molecule has 1 saturated heterocycles. The quantitative estimate of drug-likeness (QED) is 0.654. The first-order valence-electron chi connectivity index (χ1n) is 8.97. The maximum absolute atomic E-state index is 12.3. The number of H-pyrrole nitrogens is 1. The van der Waals surface area contributed by atoms with E-state index in [2.05, 4.69) is 26.4 Å². The van der Waals surface area contributed by atoms with Gasteiger partial charge in [0.2, 0.25) is 5.37 Å². The highest BCUT2D eigenvalue weighted by Crippen LogP contribution is 2.31. The Morgan fingerprint density at radius 2 is 2.07 bits per heavy atom. The summed E-state index contributed by atoms with van der Waals surface area (Å²) in [6.07, 6.45) is 6.72. The lowest BCUT2D eigenvalue weighted by Crippen LogP contribution is -2.52. The van der Waals surface area contributed by atoms with E-state index in [1.807, 2.05) is 24.4 Å². The van der Waals surface area contributed by atoms with Crippen molar-refractivity contribution in [2.75, 3.05) is 36.8 Å². The number of hydrogen-bond acceptors (Lipinski definition) is 7. The van der Waals surface area contributed by atoms with Crippen LogP contribution < -0.4 is 4.90 Å². The Hall–Kier alpha value is -2.96. The van der Waals surface area contributed by atoms with Gasteiger partial charge in [-0.25, -0.2) is 18.4 Å². The molecule has 28 heavy (non-hydrogen) atoms. The van der Waals surface area contributed by atoms with Gasteiger partial charge in [0, 0.05) is 55.0 Å². The number of nitrogens with zero attached hydrogens (tertiary/aromatic N) is 5. The molecular weight excluding hydrogens is 376 g/mol. The van der Waals surface area contributed by atoms with Gasteiger partial charge in [-0.05, 0) is 12.1 Å². The van der Waals surface area contributed by atoms with E-state index >= 15 is 0 Å². The van der Waals surface area contributed by atoms with Crippen LogP contribution in [0.25, 0.3) is 21.9 Å². The molecule has 4 heterocycles. The number of rotatable bonds is 5. The number of piperazine rings is 1. The average molecular weight is 396 g/mol. The Morgan fingerprint density at radius 1 is 1.29 bits per heavy atom. The van der Waals surface area contributed by atoms with E-state index in [0.29, 0.717) is 31.8 Å². The van der Waals surface area contributed by atoms with Crippen LogP contribution in [0.5, 0.6) is 0 Å². The first-order valence-corrected chi connectivity index (χ1v) is 10.7. The summed E-state index contributed by atoms with van der Waals surface area (Å²) < 4.78 is 24.7. The summed E-state index contributed by atoms with van der Waals surface area (Å²) in [5, 5.41) is 10.3. The molecule has 144 valence electrons. The molecule has 1 aliphatic heterocycles. The largest absolute Gasteiger partial charge is 0.368 e. The predicted molar refractivity (Wildman–Crippen MR) is 109 cm³/mol. The number of nitrogens with one attached hydrogen (secondary N) is 1. The van der Waals surface area contributed by atoms with Gasteiger partial charge in [0.05, 0.1) is 23.5 Å². The molecule has 1 unspecified atom stereocenters. The Kier molecular flexibility index (Phi) is 4.75. The van der Waals surface area contributed by atoms with Crippen LogP contribution in [0.15, 0.2) is 43.4 Å². The van der Waals surface area contributed by atoms with Gasteiger partial charge in [-0.2, -0.15) is 5.26 Å². The van der Waals surface area contributed by atoms with Gasteiger partial charge in [-0.3, -0.25) is 4.90 Å². The van der Waals surface area contributed by atoms with Gasteiger partial charge >= 0.3 is 0 Å². The van der Waals surface area contributed by atoms with Crippen LogP contribution in [0.2, 0.25) is 0 Å². The Morgan fingerprint density at radius 3 is 2.79 bits per heavy atom. The zero-order valence-electron chi connectivity index (χ0n) is 15.2. The number of nitriles is 1. The maximum Gasteiger partial charge on any atom is 0.201 e. The Labute approximate surface area is 163 Å². The number of pyridine rings is 2. The first kappa shape index (κ1) is 18.4. The summed E-state index contributed by atoms with van der Waals surface area (Å²) in [7, 11) is -3.55. The molecule has 9 heteroatoms. The summed E-state index contributed by atoms with van der Waals surface area (Å²) in [5.41, 5.74) is 2.67. The number of aromatic amines is 1. The number of aromatic nitrogens is 3. The number of fused-ring (bicyclic) bond motifs is 3. The molecule has 0 bridgehead atoms. The Balaban J connectivity index is 1.62. The number of hydrogen-bond donors (Lipinski definition) is 1. The van der Waals surface area contributed by atoms with E-state index in [9.17, 15) is 13.7 Å². The minimum absolute atomic E-state index is 0.195. The first-order chi connectivity index (χ1) is 13.5. The van der Waals surface area contributed by atoms with Crippen molar-refractivity contribution in [2.24, 2.45) is 0 Å². The lowest BCUT2D eigenvalue weighted by atomic mass is 10.1. The predicted octanol–water partition coefficient (Wildman–Crippen LogP) is 1.68. The van der Waals surface area contributed by atoms with Crippen molar-refractivity contribution in [1.82, 2.24) is 19.9 Å². The SMILES string of the molecule is C=CCS(=O)(=O)C(C#N)N1CCN(c2cc[nH]c3cnc4nccc4c23)CC1. The molecular formula is C19H20N6O2S. The normalized spacial score (nSPS) is 16.9. The van der Waals surface area contributed by atoms with E-state index in [1.54, 1.807) is 17.3 Å². The molecule has 3 aromatic heterocycles. The fourth-order valence-corrected chi connectivity index (χ4v) is 5.08. The number of anilines is 1. The van der Waals surface area contributed by atoms with Crippen molar-refractivity contribution in [3.8, 4) is 6.07 Å². The van der Waals surface area contributed by atoms with E-state index in [0.717, 1.165) is 22.0 Å². The smallest absolute Gasteiger partial charge is 0.201 e. The van der Waals surface area contributed by atoms with Crippen LogP contribution in [0.3, 0.4) is 0 Å². The molecule has 0 spiro atoms. The van der Waals surface area contributed by atoms with Gasteiger partial charge in [0.15, 0.2) is 15.5 Å². The van der Waals surface area contributed by atoms with Crippen LogP contribution in [0.1, 0.15) is 0 Å². The second-order valence-electron chi connectivity index (χ2n) is 6.71. The molecule has 0 amide bonds. The van der Waals surface area contributed by atoms with Gasteiger partial charge in [0.1, 0.15) is 0 Å². The van der Waals surface area contributed by atoms with E-state index in [1.165, 1.54) is 6.08 Å². The summed E-state index contributed by atoms with van der Waals surface area (Å²) in [6, 6.07) is 5.92. The van der Waals surface area contributed by atoms with Gasteiger partial charge in [-0.1, -0.05) is 6.08 Å². The highest BCUT2D eigenvalue weighted by atomic mass is 32.2. The van der Waals surface area contributed by atoms with E-state index in [4.69, 9.17) is 0 Å². The fourth-order valence-electron chi connectivity index (χ4n) is 3.74. The topological polar surface area (TPSA) is 106 Å². The molecule has 1 atom stereocenters. The van der Waals surface area contributed by atoms with Gasteiger partial charge in [-0.15, -0.1) is 6.58 Å². The Bertz CT molecular complexity index is 1170. The molecule has 0 aromatic carbocycles. The third-order valence-corrected chi connectivity index (χ3v) is 6.84. The van der Waals surface area contributed by atoms with Gasteiger partial charge in [0.25, 0.3) is 0 Å². The van der Waals surface area contributed by atoms with Crippen molar-refractivity contribution >= 4 is 37.5 Å². The lowest BCUT2D eigenvalue weighted by Gasteiger charge is -2.38. The molecule has 1 aliphatic rings. The molecule has 8 nitrogen and oxygen atoms in total. The lowest BCUT2D eigenvalue weighted by molar-refractivity contribution is 0.262. The summed E-state index contributed by atoms with van der Waals surface area (Å²) >= 11 is 0. The molecule has 0 aliphatic carbocycles. The minimum Gasteiger partial charge on any atom is -0.368 e. The minimum atomic E-state index is -3.55. The third kappa shape index (κ3) is 3.10. The molecule has 0 radical (unpaired) electrons. The highest BCUT2D eigenvalue weighted by Gasteiger charge is 2.33. The van der Waals surface area contributed by atoms with Crippen LogP contribution in [0, 0.1) is 11.3 Å². The second kappa shape index (κ2) is 7.22. The molecule has 1 fully saturated rings. The summed E-state index contributed by atoms with van der Waals surface area (Å²) in [4.78, 5) is 15.8. The number of sulfone groups is 1. The van der Waals surface area contributed by atoms with Crippen molar-refractivity contribution < 1.29 is 8.42 Å². The van der Waals surface area contributed by atoms with E-state index in [-0.39, 0.29) is 5.75 Å². The zero-order chi connectivity index (χ0) is 19.7.